The molecule has 2 aromatic heterocycles. The minimum absolute atomic E-state index is 0.0893. The highest BCUT2D eigenvalue weighted by atomic mass is 32.1. The minimum atomic E-state index is 0.0893. The second kappa shape index (κ2) is 7.19. The standard InChI is InChI=1S/C14H19N3O2S/c1-3-4-12-15-13(19-16-12)5-6-14(18)17(2)9-11-7-8-20-10-11/h7-8,10H,3-6,9H2,1-2H3. The molecule has 108 valence electrons. The normalized spacial score (nSPS) is 10.7. The average Bonchev–Trinajstić information content (AvgIpc) is 3.08. The molecule has 1 amide bonds. The van der Waals surface area contributed by atoms with E-state index in [9.17, 15) is 4.79 Å². The van der Waals surface area contributed by atoms with Gasteiger partial charge in [0.25, 0.3) is 0 Å². The van der Waals surface area contributed by atoms with E-state index in [2.05, 4.69) is 22.4 Å². The van der Waals surface area contributed by atoms with Crippen LogP contribution in [-0.2, 0) is 24.2 Å². The van der Waals surface area contributed by atoms with Gasteiger partial charge in [-0.2, -0.15) is 16.3 Å². The summed E-state index contributed by atoms with van der Waals surface area (Å²) in [6.07, 6.45) is 2.70. The van der Waals surface area contributed by atoms with E-state index in [0.29, 0.717) is 25.3 Å². The van der Waals surface area contributed by atoms with Crippen molar-refractivity contribution in [3.63, 3.8) is 0 Å². The fourth-order valence-corrected chi connectivity index (χ4v) is 2.53. The van der Waals surface area contributed by atoms with E-state index in [1.165, 1.54) is 0 Å². The number of rotatable bonds is 7. The first-order valence-electron chi connectivity index (χ1n) is 6.75. The number of thiophene rings is 1. The SMILES string of the molecule is CCCc1noc(CCC(=O)N(C)Cc2ccsc2)n1. The summed E-state index contributed by atoms with van der Waals surface area (Å²) in [5, 5.41) is 7.95. The van der Waals surface area contributed by atoms with Crippen molar-refractivity contribution in [3.8, 4) is 0 Å². The van der Waals surface area contributed by atoms with Gasteiger partial charge in [-0.05, 0) is 28.8 Å². The molecule has 0 aliphatic rings. The molecule has 0 aliphatic carbocycles. The first kappa shape index (κ1) is 14.7. The van der Waals surface area contributed by atoms with Crippen LogP contribution in [0, 0.1) is 0 Å². The first-order valence-corrected chi connectivity index (χ1v) is 7.69. The molecule has 5 nitrogen and oxygen atoms in total. The lowest BCUT2D eigenvalue weighted by Gasteiger charge is -2.15. The van der Waals surface area contributed by atoms with E-state index in [0.717, 1.165) is 24.2 Å². The smallest absolute Gasteiger partial charge is 0.227 e. The monoisotopic (exact) mass is 293 g/mol. The molecule has 0 saturated heterocycles. The van der Waals surface area contributed by atoms with E-state index >= 15 is 0 Å². The number of nitrogens with zero attached hydrogens (tertiary/aromatic N) is 3. The molecule has 0 bridgehead atoms. The van der Waals surface area contributed by atoms with Gasteiger partial charge < -0.3 is 9.42 Å². The Morgan fingerprint density at radius 1 is 1.45 bits per heavy atom. The van der Waals surface area contributed by atoms with Crippen molar-refractivity contribution in [2.45, 2.75) is 39.2 Å². The maximum Gasteiger partial charge on any atom is 0.227 e. The zero-order valence-electron chi connectivity index (χ0n) is 11.8. The van der Waals surface area contributed by atoms with Crippen molar-refractivity contribution in [1.82, 2.24) is 15.0 Å². The van der Waals surface area contributed by atoms with Gasteiger partial charge in [0.1, 0.15) is 0 Å². The van der Waals surface area contributed by atoms with E-state index in [1.807, 2.05) is 18.5 Å². The van der Waals surface area contributed by atoms with Gasteiger partial charge in [0.2, 0.25) is 11.8 Å². The third kappa shape index (κ3) is 4.16. The lowest BCUT2D eigenvalue weighted by molar-refractivity contribution is -0.130. The van der Waals surface area contributed by atoms with Crippen LogP contribution in [0.4, 0.5) is 0 Å². The maximum absolute atomic E-state index is 12.0. The van der Waals surface area contributed by atoms with Gasteiger partial charge >= 0.3 is 0 Å². The van der Waals surface area contributed by atoms with E-state index in [-0.39, 0.29) is 5.91 Å². The van der Waals surface area contributed by atoms with E-state index < -0.39 is 0 Å². The van der Waals surface area contributed by atoms with Crippen LogP contribution >= 0.6 is 11.3 Å². The molecular weight excluding hydrogens is 274 g/mol. The zero-order valence-corrected chi connectivity index (χ0v) is 12.7. The Bertz CT molecular complexity index is 536. The number of carbonyl (C=O) groups excluding carboxylic acids is 1. The van der Waals surface area contributed by atoms with Crippen LogP contribution in [0.3, 0.4) is 0 Å². The Labute approximate surface area is 122 Å². The lowest BCUT2D eigenvalue weighted by Crippen LogP contribution is -2.26. The fraction of sp³-hybridized carbons (Fsp3) is 0.500. The lowest BCUT2D eigenvalue weighted by atomic mass is 10.2. The predicted molar refractivity (Wildman–Crippen MR) is 77.4 cm³/mol. The van der Waals surface area contributed by atoms with Crippen molar-refractivity contribution in [2.24, 2.45) is 0 Å². The summed E-state index contributed by atoms with van der Waals surface area (Å²) in [6, 6.07) is 2.03. The molecule has 2 rings (SSSR count). The van der Waals surface area contributed by atoms with Gasteiger partial charge in [-0.25, -0.2) is 0 Å². The molecule has 20 heavy (non-hydrogen) atoms. The van der Waals surface area contributed by atoms with Gasteiger partial charge in [-0.3, -0.25) is 4.79 Å². The Kier molecular flexibility index (Phi) is 5.29. The first-order chi connectivity index (χ1) is 9.69. The number of hydrogen-bond acceptors (Lipinski definition) is 5. The van der Waals surface area contributed by atoms with Gasteiger partial charge in [0.05, 0.1) is 0 Å². The molecule has 6 heteroatoms. The summed E-state index contributed by atoms with van der Waals surface area (Å²) >= 11 is 1.64. The Morgan fingerprint density at radius 3 is 3.00 bits per heavy atom. The second-order valence-electron chi connectivity index (χ2n) is 4.74. The molecule has 0 N–H and O–H groups in total. The number of carbonyl (C=O) groups is 1. The highest BCUT2D eigenvalue weighted by Gasteiger charge is 2.12. The molecule has 0 aliphatic heterocycles. The Balaban J connectivity index is 1.78. The second-order valence-corrected chi connectivity index (χ2v) is 5.52. The van der Waals surface area contributed by atoms with Crippen molar-refractivity contribution < 1.29 is 9.32 Å². The summed E-state index contributed by atoms with van der Waals surface area (Å²) in [7, 11) is 1.82. The summed E-state index contributed by atoms with van der Waals surface area (Å²) in [5.74, 6) is 1.36. The highest BCUT2D eigenvalue weighted by molar-refractivity contribution is 7.07. The van der Waals surface area contributed by atoms with Gasteiger partial charge in [0.15, 0.2) is 5.82 Å². The van der Waals surface area contributed by atoms with Crippen LogP contribution in [0.15, 0.2) is 21.3 Å². The summed E-state index contributed by atoms with van der Waals surface area (Å²) in [5.41, 5.74) is 1.16. The van der Waals surface area contributed by atoms with Gasteiger partial charge in [-0.1, -0.05) is 12.1 Å². The molecule has 2 aromatic rings. The average molecular weight is 293 g/mol. The van der Waals surface area contributed by atoms with Crippen LogP contribution in [0.5, 0.6) is 0 Å². The molecule has 0 radical (unpaired) electrons. The Hall–Kier alpha value is -1.69. The van der Waals surface area contributed by atoms with Crippen LogP contribution in [-0.4, -0.2) is 28.0 Å². The summed E-state index contributed by atoms with van der Waals surface area (Å²) in [4.78, 5) is 18.0. The molecule has 0 atom stereocenters. The quantitative estimate of drug-likeness (QED) is 0.787. The molecule has 0 saturated carbocycles. The Morgan fingerprint density at radius 2 is 2.30 bits per heavy atom. The molecule has 0 fully saturated rings. The van der Waals surface area contributed by atoms with Crippen molar-refractivity contribution in [2.75, 3.05) is 7.05 Å². The number of aromatic nitrogens is 2. The summed E-state index contributed by atoms with van der Waals surface area (Å²) in [6.45, 7) is 2.71. The van der Waals surface area contributed by atoms with Crippen molar-refractivity contribution in [3.05, 3.63) is 34.1 Å². The topological polar surface area (TPSA) is 59.2 Å². The van der Waals surface area contributed by atoms with Crippen LogP contribution < -0.4 is 0 Å². The highest BCUT2D eigenvalue weighted by Crippen LogP contribution is 2.10. The number of hydrogen-bond donors (Lipinski definition) is 0. The number of aryl methyl sites for hydroxylation is 2. The van der Waals surface area contributed by atoms with E-state index in [4.69, 9.17) is 4.52 Å². The maximum atomic E-state index is 12.0. The molecule has 0 spiro atoms. The molecule has 0 unspecified atom stereocenters. The predicted octanol–water partition coefficient (Wildman–Crippen LogP) is 2.67. The van der Waals surface area contributed by atoms with Crippen molar-refractivity contribution in [1.29, 1.82) is 0 Å². The van der Waals surface area contributed by atoms with Crippen molar-refractivity contribution >= 4 is 17.2 Å². The largest absolute Gasteiger partial charge is 0.341 e. The fourth-order valence-electron chi connectivity index (χ4n) is 1.87. The molecular formula is C14H19N3O2S. The number of amides is 1. The van der Waals surface area contributed by atoms with Crippen LogP contribution in [0.1, 0.15) is 37.0 Å². The third-order valence-corrected chi connectivity index (χ3v) is 3.69. The molecule has 0 aromatic carbocycles. The van der Waals surface area contributed by atoms with E-state index in [1.54, 1.807) is 16.2 Å². The van der Waals surface area contributed by atoms with Gasteiger partial charge in [0, 0.05) is 32.9 Å². The summed E-state index contributed by atoms with van der Waals surface area (Å²) < 4.78 is 5.12. The van der Waals surface area contributed by atoms with Crippen LogP contribution in [0.2, 0.25) is 0 Å². The molecule has 2 heterocycles. The minimum Gasteiger partial charge on any atom is -0.341 e. The van der Waals surface area contributed by atoms with Crippen LogP contribution in [0.25, 0.3) is 0 Å². The third-order valence-electron chi connectivity index (χ3n) is 2.96. The zero-order chi connectivity index (χ0) is 14.4. The van der Waals surface area contributed by atoms with Gasteiger partial charge in [-0.15, -0.1) is 0 Å².